The van der Waals surface area contributed by atoms with Gasteiger partial charge >= 0.3 is 5.97 Å². The molecule has 0 aliphatic carbocycles. The smallest absolute Gasteiger partial charge is 0.339 e. The van der Waals surface area contributed by atoms with Crippen LogP contribution in [-0.4, -0.2) is 28.3 Å². The highest BCUT2D eigenvalue weighted by Gasteiger charge is 2.15. The van der Waals surface area contributed by atoms with Gasteiger partial charge in [0.1, 0.15) is 11.4 Å². The van der Waals surface area contributed by atoms with Gasteiger partial charge in [-0.2, -0.15) is 5.10 Å². The van der Waals surface area contributed by atoms with Crippen molar-refractivity contribution in [2.75, 3.05) is 11.9 Å². The molecule has 0 amide bonds. The Morgan fingerprint density at radius 2 is 2.21 bits per heavy atom. The third-order valence-corrected chi connectivity index (χ3v) is 2.60. The Labute approximate surface area is 109 Å². The van der Waals surface area contributed by atoms with Crippen molar-refractivity contribution in [3.05, 3.63) is 53.5 Å². The first-order chi connectivity index (χ1) is 9.08. The number of benzene rings is 1. The Hall–Kier alpha value is -2.50. The molecule has 98 valence electrons. The summed E-state index contributed by atoms with van der Waals surface area (Å²) in [7, 11) is 1.68. The number of carboxylic acids is 1. The van der Waals surface area contributed by atoms with Crippen molar-refractivity contribution >= 4 is 11.8 Å². The summed E-state index contributed by atoms with van der Waals surface area (Å²) < 4.78 is 13.1. The number of carbonyl (C=O) groups is 1. The lowest BCUT2D eigenvalue weighted by Crippen LogP contribution is -2.21. The average molecular weight is 261 g/mol. The maximum Gasteiger partial charge on any atom is 0.339 e. The lowest BCUT2D eigenvalue weighted by atomic mass is 10.2. The lowest BCUT2D eigenvalue weighted by molar-refractivity contribution is 0.0697. The van der Waals surface area contributed by atoms with E-state index in [4.69, 9.17) is 5.11 Å². The topological polar surface area (TPSA) is 66.3 Å². The second kappa shape index (κ2) is 5.43. The first-order valence-corrected chi connectivity index (χ1v) is 5.58. The van der Waals surface area contributed by atoms with Crippen molar-refractivity contribution in [2.45, 2.75) is 6.54 Å². The normalized spacial score (nSPS) is 10.2. The molecule has 0 saturated heterocycles. The number of hydrogen-bond acceptors (Lipinski definition) is 4. The van der Waals surface area contributed by atoms with Crippen LogP contribution >= 0.6 is 0 Å². The summed E-state index contributed by atoms with van der Waals surface area (Å²) >= 11 is 0. The summed E-state index contributed by atoms with van der Waals surface area (Å²) in [5.74, 6) is -1.15. The molecule has 0 atom stereocenters. The van der Waals surface area contributed by atoms with Crippen molar-refractivity contribution in [1.29, 1.82) is 0 Å². The predicted octanol–water partition coefficient (Wildman–Crippen LogP) is 1.95. The minimum Gasteiger partial charge on any atom is -0.478 e. The molecule has 19 heavy (non-hydrogen) atoms. The van der Waals surface area contributed by atoms with Crippen molar-refractivity contribution in [2.24, 2.45) is 0 Å². The Morgan fingerprint density at radius 1 is 1.42 bits per heavy atom. The third-order valence-electron chi connectivity index (χ3n) is 2.60. The van der Waals surface area contributed by atoms with Crippen LogP contribution in [0.15, 0.2) is 36.5 Å². The molecule has 0 spiro atoms. The third kappa shape index (κ3) is 3.04. The van der Waals surface area contributed by atoms with Gasteiger partial charge in [-0.3, -0.25) is 0 Å². The summed E-state index contributed by atoms with van der Waals surface area (Å²) in [6.07, 6.45) is 1.32. The molecule has 0 aliphatic rings. The van der Waals surface area contributed by atoms with Gasteiger partial charge in [0.2, 0.25) is 0 Å². The number of anilines is 1. The Kier molecular flexibility index (Phi) is 3.70. The number of nitrogens with zero attached hydrogens (tertiary/aromatic N) is 3. The van der Waals surface area contributed by atoms with Gasteiger partial charge < -0.3 is 10.0 Å². The van der Waals surface area contributed by atoms with Gasteiger partial charge in [0, 0.05) is 13.6 Å². The van der Waals surface area contributed by atoms with E-state index in [0.29, 0.717) is 6.54 Å². The van der Waals surface area contributed by atoms with Crippen LogP contribution in [0.4, 0.5) is 10.2 Å². The standard InChI is InChI=1S/C13H12FN3O2/c1-17(8-9-3-2-4-10(14)7-9)12-11(13(18)19)5-6-15-16-12/h2-7H,8H2,1H3,(H,18,19). The maximum atomic E-state index is 13.1. The van der Waals surface area contributed by atoms with Gasteiger partial charge in [-0.1, -0.05) is 12.1 Å². The van der Waals surface area contributed by atoms with Crippen LogP contribution in [0.1, 0.15) is 15.9 Å². The number of aromatic carboxylic acids is 1. The zero-order chi connectivity index (χ0) is 13.8. The van der Waals surface area contributed by atoms with Crippen molar-refractivity contribution in [3.63, 3.8) is 0 Å². The lowest BCUT2D eigenvalue weighted by Gasteiger charge is -2.19. The second-order valence-electron chi connectivity index (χ2n) is 4.06. The van der Waals surface area contributed by atoms with E-state index in [-0.39, 0.29) is 17.2 Å². The summed E-state index contributed by atoms with van der Waals surface area (Å²) in [6, 6.07) is 7.50. The largest absolute Gasteiger partial charge is 0.478 e. The van der Waals surface area contributed by atoms with Crippen LogP contribution < -0.4 is 4.90 Å². The molecule has 5 nitrogen and oxygen atoms in total. The van der Waals surface area contributed by atoms with Crippen molar-refractivity contribution < 1.29 is 14.3 Å². The van der Waals surface area contributed by atoms with Crippen LogP contribution in [0, 0.1) is 5.82 Å². The Morgan fingerprint density at radius 3 is 2.89 bits per heavy atom. The average Bonchev–Trinajstić information content (AvgIpc) is 2.38. The van der Waals surface area contributed by atoms with Gasteiger partial charge in [0.05, 0.1) is 6.20 Å². The van der Waals surface area contributed by atoms with Gasteiger partial charge in [-0.05, 0) is 23.8 Å². The zero-order valence-electron chi connectivity index (χ0n) is 10.2. The predicted molar refractivity (Wildman–Crippen MR) is 67.5 cm³/mol. The minimum absolute atomic E-state index is 0.0638. The molecule has 0 aliphatic heterocycles. The van der Waals surface area contributed by atoms with Crippen molar-refractivity contribution in [1.82, 2.24) is 10.2 Å². The summed E-state index contributed by atoms with van der Waals surface area (Å²) in [6.45, 7) is 0.344. The molecule has 0 radical (unpaired) electrons. The SMILES string of the molecule is CN(Cc1cccc(F)c1)c1nnccc1C(=O)O. The first kappa shape index (κ1) is 12.9. The molecule has 1 aromatic heterocycles. The highest BCUT2D eigenvalue weighted by molar-refractivity contribution is 5.93. The van der Waals surface area contributed by atoms with E-state index in [1.807, 2.05) is 0 Å². The molecule has 1 heterocycles. The molecule has 2 aromatic rings. The molecule has 6 heteroatoms. The quantitative estimate of drug-likeness (QED) is 0.911. The molecular weight excluding hydrogens is 249 g/mol. The van der Waals surface area contributed by atoms with E-state index in [2.05, 4.69) is 10.2 Å². The zero-order valence-corrected chi connectivity index (χ0v) is 10.2. The Balaban J connectivity index is 2.25. The minimum atomic E-state index is -1.07. The fourth-order valence-electron chi connectivity index (χ4n) is 1.76. The maximum absolute atomic E-state index is 13.1. The number of halogens is 1. The molecule has 0 unspecified atom stereocenters. The molecule has 0 fully saturated rings. The van der Waals surface area contributed by atoms with Crippen molar-refractivity contribution in [3.8, 4) is 0 Å². The van der Waals surface area contributed by atoms with E-state index in [0.717, 1.165) is 5.56 Å². The van der Waals surface area contributed by atoms with Crippen LogP contribution in [0.25, 0.3) is 0 Å². The van der Waals surface area contributed by atoms with E-state index < -0.39 is 5.97 Å². The molecule has 1 N–H and O–H groups in total. The fourth-order valence-corrected chi connectivity index (χ4v) is 1.76. The van der Waals surface area contributed by atoms with Crippen LogP contribution in [0.2, 0.25) is 0 Å². The highest BCUT2D eigenvalue weighted by atomic mass is 19.1. The Bertz CT molecular complexity index is 604. The van der Waals surface area contributed by atoms with Gasteiger partial charge in [-0.25, -0.2) is 9.18 Å². The molecule has 0 saturated carbocycles. The molecule has 2 rings (SSSR count). The monoisotopic (exact) mass is 261 g/mol. The molecule has 1 aromatic carbocycles. The van der Waals surface area contributed by atoms with E-state index in [9.17, 15) is 9.18 Å². The highest BCUT2D eigenvalue weighted by Crippen LogP contribution is 2.17. The van der Waals surface area contributed by atoms with Crippen LogP contribution in [-0.2, 0) is 6.54 Å². The van der Waals surface area contributed by atoms with E-state index >= 15 is 0 Å². The second-order valence-corrected chi connectivity index (χ2v) is 4.06. The summed E-state index contributed by atoms with van der Waals surface area (Å²) in [4.78, 5) is 12.7. The van der Waals surface area contributed by atoms with E-state index in [1.165, 1.54) is 24.4 Å². The number of hydrogen-bond donors (Lipinski definition) is 1. The molecular formula is C13H12FN3O2. The van der Waals surface area contributed by atoms with Gasteiger partial charge in [-0.15, -0.1) is 5.10 Å². The number of carboxylic acid groups (broad SMARTS) is 1. The van der Waals surface area contributed by atoms with E-state index in [1.54, 1.807) is 24.1 Å². The van der Waals surface area contributed by atoms with Gasteiger partial charge in [0.25, 0.3) is 0 Å². The number of rotatable bonds is 4. The van der Waals surface area contributed by atoms with Crippen LogP contribution in [0.3, 0.4) is 0 Å². The first-order valence-electron chi connectivity index (χ1n) is 5.58. The van der Waals surface area contributed by atoms with Gasteiger partial charge in [0.15, 0.2) is 5.82 Å². The van der Waals surface area contributed by atoms with Crippen LogP contribution in [0.5, 0.6) is 0 Å². The summed E-state index contributed by atoms with van der Waals surface area (Å²) in [5.41, 5.74) is 0.790. The molecule has 0 bridgehead atoms. The summed E-state index contributed by atoms with van der Waals surface area (Å²) in [5, 5.41) is 16.6. The fraction of sp³-hybridized carbons (Fsp3) is 0.154. The number of aromatic nitrogens is 2.